The van der Waals surface area contributed by atoms with Gasteiger partial charge in [0.25, 0.3) is 0 Å². The number of pyridine rings is 1. The van der Waals surface area contributed by atoms with E-state index in [2.05, 4.69) is 4.98 Å². The predicted molar refractivity (Wildman–Crippen MR) is 108 cm³/mol. The molecule has 2 amide bonds. The Balaban J connectivity index is 1.39. The fourth-order valence-electron chi connectivity index (χ4n) is 5.26. The lowest BCUT2D eigenvalue weighted by Crippen LogP contribution is -2.50. The van der Waals surface area contributed by atoms with Crippen LogP contribution in [0.25, 0.3) is 0 Å². The van der Waals surface area contributed by atoms with Crippen LogP contribution in [0.15, 0.2) is 24.5 Å². The SMILES string of the molecule is NC(CC1CCCCC1)C(=O)N1CCC2C1C(=O)CN2C(=O)Cc1cccnc1. The normalized spacial score (nSPS) is 25.9. The standard InChI is InChI=1S/C22H30N4O3/c23-17(11-15-5-2-1-3-6-15)22(29)25-10-8-18-21(25)19(27)14-26(18)20(28)12-16-7-4-9-24-13-16/h4,7,9,13,15,17-18,21H,1-3,5-6,8,10-12,14,23H2. The lowest BCUT2D eigenvalue weighted by atomic mass is 9.84. The van der Waals surface area contributed by atoms with Gasteiger partial charge >= 0.3 is 0 Å². The maximum atomic E-state index is 13.0. The summed E-state index contributed by atoms with van der Waals surface area (Å²) in [7, 11) is 0. The highest BCUT2D eigenvalue weighted by Crippen LogP contribution is 2.32. The molecule has 7 heteroatoms. The second-order valence-corrected chi connectivity index (χ2v) is 8.70. The molecule has 3 unspecified atom stereocenters. The summed E-state index contributed by atoms with van der Waals surface area (Å²) >= 11 is 0. The molecule has 1 aromatic heterocycles. The molecule has 3 heterocycles. The minimum absolute atomic E-state index is 0.0507. The largest absolute Gasteiger partial charge is 0.329 e. The molecule has 3 fully saturated rings. The molecule has 156 valence electrons. The van der Waals surface area contributed by atoms with Gasteiger partial charge in [-0.3, -0.25) is 19.4 Å². The number of rotatable bonds is 5. The number of hydrogen-bond donors (Lipinski definition) is 1. The Morgan fingerprint density at radius 1 is 1.17 bits per heavy atom. The average molecular weight is 399 g/mol. The molecule has 3 aliphatic rings. The van der Waals surface area contributed by atoms with Crippen molar-refractivity contribution in [3.05, 3.63) is 30.1 Å². The molecule has 29 heavy (non-hydrogen) atoms. The molecule has 3 atom stereocenters. The summed E-state index contributed by atoms with van der Waals surface area (Å²) in [6.07, 6.45) is 10.9. The van der Waals surface area contributed by atoms with Crippen molar-refractivity contribution in [3.63, 3.8) is 0 Å². The zero-order valence-corrected chi connectivity index (χ0v) is 16.8. The van der Waals surface area contributed by atoms with Gasteiger partial charge in [0.05, 0.1) is 25.0 Å². The monoisotopic (exact) mass is 398 g/mol. The molecule has 0 spiro atoms. The number of aromatic nitrogens is 1. The van der Waals surface area contributed by atoms with Gasteiger partial charge in [0, 0.05) is 18.9 Å². The van der Waals surface area contributed by atoms with E-state index < -0.39 is 12.1 Å². The highest BCUT2D eigenvalue weighted by molar-refractivity contribution is 5.98. The summed E-state index contributed by atoms with van der Waals surface area (Å²) in [6.45, 7) is 0.574. The van der Waals surface area contributed by atoms with E-state index in [1.165, 1.54) is 19.3 Å². The molecule has 1 saturated carbocycles. The Bertz CT molecular complexity index is 763. The Kier molecular flexibility index (Phi) is 5.94. The van der Waals surface area contributed by atoms with Crippen molar-refractivity contribution < 1.29 is 14.4 Å². The summed E-state index contributed by atoms with van der Waals surface area (Å²) in [5.74, 6) is 0.251. The fourth-order valence-corrected chi connectivity index (χ4v) is 5.26. The summed E-state index contributed by atoms with van der Waals surface area (Å²) in [4.78, 5) is 45.9. The smallest absolute Gasteiger partial charge is 0.240 e. The minimum atomic E-state index is -0.551. The maximum absolute atomic E-state index is 13.0. The van der Waals surface area contributed by atoms with Crippen LogP contribution in [0.5, 0.6) is 0 Å². The Morgan fingerprint density at radius 2 is 1.97 bits per heavy atom. The third kappa shape index (κ3) is 4.20. The van der Waals surface area contributed by atoms with Crippen LogP contribution in [0.1, 0.15) is 50.5 Å². The van der Waals surface area contributed by atoms with Crippen molar-refractivity contribution in [2.75, 3.05) is 13.1 Å². The maximum Gasteiger partial charge on any atom is 0.240 e. The van der Waals surface area contributed by atoms with E-state index in [1.54, 1.807) is 28.3 Å². The van der Waals surface area contributed by atoms with E-state index in [4.69, 9.17) is 5.73 Å². The number of carbonyl (C=O) groups excluding carboxylic acids is 3. The number of nitrogens with zero attached hydrogens (tertiary/aromatic N) is 3. The molecule has 0 bridgehead atoms. The van der Waals surface area contributed by atoms with E-state index in [0.29, 0.717) is 25.3 Å². The quantitative estimate of drug-likeness (QED) is 0.806. The molecule has 7 nitrogen and oxygen atoms in total. The predicted octanol–water partition coefficient (Wildman–Crippen LogP) is 1.30. The van der Waals surface area contributed by atoms with Crippen LogP contribution in [0.2, 0.25) is 0 Å². The zero-order chi connectivity index (χ0) is 20.4. The van der Waals surface area contributed by atoms with Crippen LogP contribution >= 0.6 is 0 Å². The van der Waals surface area contributed by atoms with E-state index >= 15 is 0 Å². The van der Waals surface area contributed by atoms with Gasteiger partial charge in [-0.15, -0.1) is 0 Å². The second-order valence-electron chi connectivity index (χ2n) is 8.70. The summed E-state index contributed by atoms with van der Waals surface area (Å²) in [5.41, 5.74) is 7.09. The first-order valence-electron chi connectivity index (χ1n) is 10.8. The highest BCUT2D eigenvalue weighted by Gasteiger charge is 2.51. The van der Waals surface area contributed by atoms with Gasteiger partial charge in [0.15, 0.2) is 5.78 Å². The third-order valence-electron chi connectivity index (χ3n) is 6.73. The Hall–Kier alpha value is -2.28. The molecule has 2 saturated heterocycles. The van der Waals surface area contributed by atoms with Gasteiger partial charge < -0.3 is 15.5 Å². The van der Waals surface area contributed by atoms with E-state index in [9.17, 15) is 14.4 Å². The minimum Gasteiger partial charge on any atom is -0.329 e. The number of fused-ring (bicyclic) bond motifs is 1. The van der Waals surface area contributed by atoms with Gasteiger partial charge in [-0.25, -0.2) is 0 Å². The van der Waals surface area contributed by atoms with Crippen molar-refractivity contribution in [3.8, 4) is 0 Å². The summed E-state index contributed by atoms with van der Waals surface area (Å²) < 4.78 is 0. The van der Waals surface area contributed by atoms with Crippen molar-refractivity contribution in [1.29, 1.82) is 0 Å². The first kappa shape index (κ1) is 20.0. The van der Waals surface area contributed by atoms with Crippen LogP contribution in [0.4, 0.5) is 0 Å². The lowest BCUT2D eigenvalue weighted by Gasteiger charge is -2.29. The van der Waals surface area contributed by atoms with Crippen LogP contribution in [-0.4, -0.2) is 63.6 Å². The van der Waals surface area contributed by atoms with Crippen molar-refractivity contribution in [2.45, 2.75) is 69.5 Å². The van der Waals surface area contributed by atoms with Gasteiger partial charge in [-0.05, 0) is 30.4 Å². The van der Waals surface area contributed by atoms with Gasteiger partial charge in [-0.2, -0.15) is 0 Å². The number of nitrogens with two attached hydrogens (primary N) is 1. The van der Waals surface area contributed by atoms with Gasteiger partial charge in [0.1, 0.15) is 6.04 Å². The molecule has 2 N–H and O–H groups in total. The average Bonchev–Trinajstić information content (AvgIpc) is 3.30. The van der Waals surface area contributed by atoms with Crippen molar-refractivity contribution in [1.82, 2.24) is 14.8 Å². The fraction of sp³-hybridized carbons (Fsp3) is 0.636. The van der Waals surface area contributed by atoms with Crippen LogP contribution in [-0.2, 0) is 20.8 Å². The molecule has 4 rings (SSSR count). The van der Waals surface area contributed by atoms with Crippen LogP contribution in [0.3, 0.4) is 0 Å². The second kappa shape index (κ2) is 8.61. The van der Waals surface area contributed by atoms with E-state index in [-0.39, 0.29) is 36.6 Å². The third-order valence-corrected chi connectivity index (χ3v) is 6.73. The summed E-state index contributed by atoms with van der Waals surface area (Å²) in [5, 5.41) is 0. The number of Topliss-reactive ketones (excluding diaryl/α,β-unsaturated/α-hetero) is 1. The molecule has 1 aromatic rings. The van der Waals surface area contributed by atoms with Crippen LogP contribution < -0.4 is 5.73 Å². The molecule has 0 radical (unpaired) electrons. The Morgan fingerprint density at radius 3 is 2.69 bits per heavy atom. The van der Waals surface area contributed by atoms with Gasteiger partial charge in [0.2, 0.25) is 11.8 Å². The van der Waals surface area contributed by atoms with Crippen molar-refractivity contribution >= 4 is 17.6 Å². The lowest BCUT2D eigenvalue weighted by molar-refractivity contribution is -0.137. The molecule has 1 aliphatic carbocycles. The van der Waals surface area contributed by atoms with Crippen LogP contribution in [0, 0.1) is 5.92 Å². The zero-order valence-electron chi connectivity index (χ0n) is 16.8. The number of likely N-dealkylation sites (tertiary alicyclic amines) is 2. The van der Waals surface area contributed by atoms with E-state index in [0.717, 1.165) is 18.4 Å². The first-order valence-corrected chi connectivity index (χ1v) is 10.8. The summed E-state index contributed by atoms with van der Waals surface area (Å²) in [6, 6.07) is 2.35. The molecular weight excluding hydrogens is 368 g/mol. The Labute approximate surface area is 171 Å². The number of carbonyl (C=O) groups is 3. The van der Waals surface area contributed by atoms with Crippen molar-refractivity contribution in [2.24, 2.45) is 11.7 Å². The van der Waals surface area contributed by atoms with Gasteiger partial charge in [-0.1, -0.05) is 38.2 Å². The molecule has 2 aliphatic heterocycles. The number of hydrogen-bond acceptors (Lipinski definition) is 5. The number of amides is 2. The molecular formula is C22H30N4O3. The molecule has 0 aromatic carbocycles. The van der Waals surface area contributed by atoms with E-state index in [1.807, 2.05) is 6.07 Å². The highest BCUT2D eigenvalue weighted by atomic mass is 16.2. The first-order chi connectivity index (χ1) is 14.0. The topological polar surface area (TPSA) is 96.6 Å². The number of ketones is 1.